The second kappa shape index (κ2) is 9.63. The molecule has 2 unspecified atom stereocenters. The summed E-state index contributed by atoms with van der Waals surface area (Å²) in [5, 5.41) is -0.123. The lowest BCUT2D eigenvalue weighted by molar-refractivity contribution is -0.154. The molecule has 27 heavy (non-hydrogen) atoms. The van der Waals surface area contributed by atoms with E-state index >= 15 is 0 Å². The molecule has 0 bridgehead atoms. The lowest BCUT2D eigenvalue weighted by Gasteiger charge is -2.29. The molecule has 0 spiro atoms. The van der Waals surface area contributed by atoms with Crippen molar-refractivity contribution in [2.75, 3.05) is 12.4 Å². The molecule has 2 atom stereocenters. The first kappa shape index (κ1) is 21.8. The fourth-order valence-electron chi connectivity index (χ4n) is 3.15. The van der Waals surface area contributed by atoms with Crippen LogP contribution in [0.4, 0.5) is 0 Å². The van der Waals surface area contributed by atoms with E-state index in [-0.39, 0.29) is 22.7 Å². The number of rotatable bonds is 7. The van der Waals surface area contributed by atoms with Gasteiger partial charge in [-0.1, -0.05) is 65.3 Å². The van der Waals surface area contributed by atoms with Crippen LogP contribution in [0.3, 0.4) is 0 Å². The summed E-state index contributed by atoms with van der Waals surface area (Å²) in [6, 6.07) is 7.97. The van der Waals surface area contributed by atoms with Crippen molar-refractivity contribution < 1.29 is 14.3 Å². The molecule has 1 amide bonds. The molecule has 1 saturated heterocycles. The van der Waals surface area contributed by atoms with Gasteiger partial charge in [0.15, 0.2) is 0 Å². The molecule has 0 radical (unpaired) electrons. The van der Waals surface area contributed by atoms with Crippen LogP contribution in [0.1, 0.15) is 76.8 Å². The van der Waals surface area contributed by atoms with Gasteiger partial charge < -0.3 is 9.64 Å². The Hall–Kier alpha value is -1.49. The van der Waals surface area contributed by atoms with Gasteiger partial charge in [0.2, 0.25) is 5.91 Å². The van der Waals surface area contributed by atoms with Crippen molar-refractivity contribution in [3.05, 3.63) is 35.4 Å². The largest absolute Gasteiger partial charge is 0.464 e. The van der Waals surface area contributed by atoms with Gasteiger partial charge in [0.1, 0.15) is 11.4 Å². The average molecular weight is 392 g/mol. The van der Waals surface area contributed by atoms with E-state index in [1.807, 2.05) is 6.92 Å². The molecule has 1 aliphatic rings. The van der Waals surface area contributed by atoms with Crippen LogP contribution in [0.15, 0.2) is 24.3 Å². The van der Waals surface area contributed by atoms with E-state index < -0.39 is 6.04 Å². The third-order valence-corrected chi connectivity index (χ3v) is 6.14. The average Bonchev–Trinajstić information content (AvgIpc) is 3.08. The number of nitrogens with zero attached hydrogens (tertiary/aromatic N) is 1. The van der Waals surface area contributed by atoms with E-state index in [1.165, 1.54) is 5.56 Å². The van der Waals surface area contributed by atoms with Crippen molar-refractivity contribution in [3.8, 4) is 0 Å². The number of hydrogen-bond donors (Lipinski definition) is 0. The fraction of sp³-hybridized carbons (Fsp3) is 0.636. The van der Waals surface area contributed by atoms with Gasteiger partial charge in [-0.25, -0.2) is 4.79 Å². The number of benzene rings is 1. The van der Waals surface area contributed by atoms with Crippen molar-refractivity contribution in [2.24, 2.45) is 0 Å². The Labute approximate surface area is 168 Å². The maximum atomic E-state index is 12.9. The molecule has 150 valence electrons. The first-order valence-electron chi connectivity index (χ1n) is 9.99. The van der Waals surface area contributed by atoms with E-state index in [1.54, 1.807) is 16.7 Å². The van der Waals surface area contributed by atoms with Gasteiger partial charge in [-0.2, -0.15) is 0 Å². The Bertz CT molecular complexity index is 636. The first-order chi connectivity index (χ1) is 12.8. The highest BCUT2D eigenvalue weighted by Gasteiger charge is 2.42. The number of unbranched alkanes of at least 4 members (excludes halogenated alkanes) is 1. The van der Waals surface area contributed by atoms with Crippen molar-refractivity contribution in [3.63, 3.8) is 0 Å². The van der Waals surface area contributed by atoms with Gasteiger partial charge in [0, 0.05) is 12.2 Å². The maximum absolute atomic E-state index is 12.9. The molecule has 0 aliphatic carbocycles. The fourth-order valence-corrected chi connectivity index (χ4v) is 4.59. The number of esters is 1. The van der Waals surface area contributed by atoms with Crippen LogP contribution in [0.2, 0.25) is 0 Å². The van der Waals surface area contributed by atoms with E-state index in [0.29, 0.717) is 18.8 Å². The second-order valence-electron chi connectivity index (χ2n) is 8.15. The Morgan fingerprint density at radius 3 is 2.37 bits per heavy atom. The molecule has 2 rings (SSSR count). The predicted octanol–water partition coefficient (Wildman–Crippen LogP) is 5.07. The van der Waals surface area contributed by atoms with Gasteiger partial charge in [0.05, 0.1) is 6.61 Å². The van der Waals surface area contributed by atoms with E-state index in [2.05, 4.69) is 52.0 Å². The summed E-state index contributed by atoms with van der Waals surface area (Å²) in [7, 11) is 0. The Kier molecular flexibility index (Phi) is 7.78. The molecule has 5 heteroatoms. The maximum Gasteiger partial charge on any atom is 0.329 e. The predicted molar refractivity (Wildman–Crippen MR) is 112 cm³/mol. The quantitative estimate of drug-likeness (QED) is 0.609. The third-order valence-electron chi connectivity index (χ3n) is 4.81. The first-order valence-corrected chi connectivity index (χ1v) is 11.0. The number of thioether (sulfide) groups is 1. The zero-order valence-electron chi connectivity index (χ0n) is 17.3. The molecule has 0 N–H and O–H groups in total. The second-order valence-corrected chi connectivity index (χ2v) is 9.26. The number of carbonyl (C=O) groups is 2. The third kappa shape index (κ3) is 5.50. The molecular weight excluding hydrogens is 358 g/mol. The van der Waals surface area contributed by atoms with Crippen LogP contribution >= 0.6 is 11.8 Å². The minimum Gasteiger partial charge on any atom is -0.464 e. The summed E-state index contributed by atoms with van der Waals surface area (Å²) in [4.78, 5) is 27.2. The summed E-state index contributed by atoms with van der Waals surface area (Å²) in [5.41, 5.74) is 2.42. The van der Waals surface area contributed by atoms with Gasteiger partial charge in [-0.15, -0.1) is 11.8 Å². The molecular formula is C22H33NO3S. The summed E-state index contributed by atoms with van der Waals surface area (Å²) in [5.74, 6) is 0.361. The number of carbonyl (C=O) groups excluding carboxylic acids is 2. The van der Waals surface area contributed by atoms with Crippen molar-refractivity contribution in [2.45, 2.75) is 77.1 Å². The van der Waals surface area contributed by atoms with Crippen LogP contribution in [0, 0.1) is 0 Å². The van der Waals surface area contributed by atoms with Gasteiger partial charge >= 0.3 is 5.97 Å². The standard InChI is InChI=1S/C22H33NO3S/c1-6-8-9-19(24)23-18(21(25)26-14-7-2)15-27-20(23)16-10-12-17(13-11-16)22(3,4)5/h10-13,18,20H,6-9,14-15H2,1-5H3. The molecule has 0 saturated carbocycles. The van der Waals surface area contributed by atoms with Crippen LogP contribution in [0.25, 0.3) is 0 Å². The van der Waals surface area contributed by atoms with Crippen molar-refractivity contribution in [1.29, 1.82) is 0 Å². The highest BCUT2D eigenvalue weighted by Crippen LogP contribution is 2.42. The summed E-state index contributed by atoms with van der Waals surface area (Å²) in [6.45, 7) is 11.0. The normalized spacial score (nSPS) is 20.0. The molecule has 1 aromatic carbocycles. The van der Waals surface area contributed by atoms with Crippen molar-refractivity contribution in [1.82, 2.24) is 4.90 Å². The van der Waals surface area contributed by atoms with E-state index in [0.717, 1.165) is 24.8 Å². The summed E-state index contributed by atoms with van der Waals surface area (Å²) in [6.07, 6.45) is 3.06. The van der Waals surface area contributed by atoms with Crippen LogP contribution in [-0.2, 0) is 19.7 Å². The summed E-state index contributed by atoms with van der Waals surface area (Å²) >= 11 is 1.65. The smallest absolute Gasteiger partial charge is 0.329 e. The number of amides is 1. The van der Waals surface area contributed by atoms with Crippen LogP contribution in [-0.4, -0.2) is 35.2 Å². The molecule has 1 aromatic rings. The highest BCUT2D eigenvalue weighted by molar-refractivity contribution is 7.99. The molecule has 0 aromatic heterocycles. The van der Waals surface area contributed by atoms with Crippen molar-refractivity contribution >= 4 is 23.6 Å². The number of ether oxygens (including phenoxy) is 1. The van der Waals surface area contributed by atoms with E-state index in [4.69, 9.17) is 4.74 Å². The minimum atomic E-state index is -0.488. The Morgan fingerprint density at radius 2 is 1.81 bits per heavy atom. The Morgan fingerprint density at radius 1 is 1.15 bits per heavy atom. The molecule has 1 heterocycles. The van der Waals surface area contributed by atoms with Crippen LogP contribution in [0.5, 0.6) is 0 Å². The van der Waals surface area contributed by atoms with E-state index in [9.17, 15) is 9.59 Å². The number of hydrogen-bond acceptors (Lipinski definition) is 4. The molecule has 1 aliphatic heterocycles. The summed E-state index contributed by atoms with van der Waals surface area (Å²) < 4.78 is 5.36. The Balaban J connectivity index is 2.25. The SMILES string of the molecule is CCCCC(=O)N1C(C(=O)OCCC)CSC1c1ccc(C(C)(C)C)cc1. The zero-order chi connectivity index (χ0) is 20.0. The van der Waals surface area contributed by atoms with Gasteiger partial charge in [-0.05, 0) is 29.4 Å². The van der Waals surface area contributed by atoms with Crippen LogP contribution < -0.4 is 0 Å². The lowest BCUT2D eigenvalue weighted by atomic mass is 9.86. The molecule has 1 fully saturated rings. The monoisotopic (exact) mass is 391 g/mol. The minimum absolute atomic E-state index is 0.0465. The van der Waals surface area contributed by atoms with Gasteiger partial charge in [0.25, 0.3) is 0 Å². The topological polar surface area (TPSA) is 46.6 Å². The lowest BCUT2D eigenvalue weighted by Crippen LogP contribution is -2.43. The zero-order valence-corrected chi connectivity index (χ0v) is 18.1. The van der Waals surface area contributed by atoms with Gasteiger partial charge in [-0.3, -0.25) is 4.79 Å². The highest BCUT2D eigenvalue weighted by atomic mass is 32.2. The molecule has 4 nitrogen and oxygen atoms in total.